The summed E-state index contributed by atoms with van der Waals surface area (Å²) >= 11 is 0. The first kappa shape index (κ1) is 18.2. The van der Waals surface area contributed by atoms with Crippen molar-refractivity contribution in [3.8, 4) is 0 Å². The normalized spacial score (nSPS) is 18.8. The smallest absolute Gasteiger partial charge is 0.410 e. The molecule has 1 aliphatic heterocycles. The van der Waals surface area contributed by atoms with Crippen LogP contribution in [-0.4, -0.2) is 49.7 Å². The third kappa shape index (κ3) is 3.79. The molecular formula is C18H25N5O3. The van der Waals surface area contributed by atoms with E-state index in [-0.39, 0.29) is 11.9 Å². The molecule has 1 saturated heterocycles. The van der Waals surface area contributed by atoms with Crippen LogP contribution in [0.4, 0.5) is 4.79 Å². The number of nitrogens with one attached hydrogen (secondary N) is 1. The second-order valence-electron chi connectivity index (χ2n) is 7.55. The quantitative estimate of drug-likeness (QED) is 0.908. The Hall–Kier alpha value is -2.64. The van der Waals surface area contributed by atoms with Gasteiger partial charge in [-0.2, -0.15) is 0 Å². The van der Waals surface area contributed by atoms with Gasteiger partial charge in [0.1, 0.15) is 11.6 Å². The minimum atomic E-state index is -0.589. The molecule has 3 rings (SSSR count). The summed E-state index contributed by atoms with van der Waals surface area (Å²) in [7, 11) is 0. The van der Waals surface area contributed by atoms with E-state index < -0.39 is 17.7 Å². The van der Waals surface area contributed by atoms with Gasteiger partial charge < -0.3 is 10.1 Å². The lowest BCUT2D eigenvalue weighted by molar-refractivity contribution is -0.126. The van der Waals surface area contributed by atoms with E-state index in [2.05, 4.69) is 15.5 Å². The lowest BCUT2D eigenvalue weighted by atomic mass is 10.2. The lowest BCUT2D eigenvalue weighted by Crippen LogP contribution is -2.48. The van der Waals surface area contributed by atoms with Crippen LogP contribution < -0.4 is 5.32 Å². The Morgan fingerprint density at radius 3 is 2.81 bits per heavy atom. The molecule has 2 atom stereocenters. The summed E-state index contributed by atoms with van der Waals surface area (Å²) in [5, 5.41) is 11.2. The third-order valence-corrected chi connectivity index (χ3v) is 4.27. The largest absolute Gasteiger partial charge is 0.444 e. The molecule has 0 spiro atoms. The number of amides is 2. The first-order valence-corrected chi connectivity index (χ1v) is 8.86. The molecule has 1 unspecified atom stereocenters. The average molecular weight is 359 g/mol. The molecule has 1 N–H and O–H groups in total. The molecule has 8 nitrogen and oxygen atoms in total. The van der Waals surface area contributed by atoms with Gasteiger partial charge in [-0.1, -0.05) is 6.07 Å². The van der Waals surface area contributed by atoms with Gasteiger partial charge in [-0.25, -0.2) is 4.79 Å². The van der Waals surface area contributed by atoms with E-state index in [4.69, 9.17) is 4.74 Å². The Morgan fingerprint density at radius 2 is 2.08 bits per heavy atom. The number of rotatable bonds is 3. The van der Waals surface area contributed by atoms with E-state index in [0.29, 0.717) is 18.8 Å². The lowest BCUT2D eigenvalue weighted by Gasteiger charge is -2.28. The zero-order valence-corrected chi connectivity index (χ0v) is 15.6. The van der Waals surface area contributed by atoms with E-state index in [1.54, 1.807) is 0 Å². The van der Waals surface area contributed by atoms with Gasteiger partial charge in [-0.05, 0) is 52.7 Å². The number of aromatic nitrogens is 3. The van der Waals surface area contributed by atoms with Crippen LogP contribution in [0.5, 0.6) is 0 Å². The summed E-state index contributed by atoms with van der Waals surface area (Å²) in [4.78, 5) is 26.6. The maximum Gasteiger partial charge on any atom is 0.410 e. The highest BCUT2D eigenvalue weighted by Crippen LogP contribution is 2.22. The molecule has 2 aromatic heterocycles. The van der Waals surface area contributed by atoms with Gasteiger partial charge in [0.15, 0.2) is 11.5 Å². The van der Waals surface area contributed by atoms with Gasteiger partial charge in [-0.3, -0.25) is 14.1 Å². The number of fused-ring (bicyclic) bond motifs is 1. The zero-order valence-electron chi connectivity index (χ0n) is 15.6. The number of carbonyl (C=O) groups is 2. The molecule has 0 aliphatic carbocycles. The second-order valence-corrected chi connectivity index (χ2v) is 7.55. The number of nitrogens with zero attached hydrogens (tertiary/aromatic N) is 4. The molecule has 8 heteroatoms. The Bertz CT molecular complexity index is 811. The van der Waals surface area contributed by atoms with Crippen molar-refractivity contribution >= 4 is 17.6 Å². The minimum absolute atomic E-state index is 0.200. The van der Waals surface area contributed by atoms with Crippen molar-refractivity contribution in [3.63, 3.8) is 0 Å². The SMILES string of the molecule is CC(NC(=O)[C@@H]1CCCN1C(=O)OC(C)(C)C)c1nnc2ccccn12. The van der Waals surface area contributed by atoms with E-state index in [0.717, 1.165) is 12.1 Å². The molecule has 1 aliphatic rings. The molecule has 140 valence electrons. The summed E-state index contributed by atoms with van der Waals surface area (Å²) in [5.74, 6) is 0.448. The molecule has 0 bridgehead atoms. The second kappa shape index (κ2) is 6.93. The maximum atomic E-state index is 12.7. The fourth-order valence-electron chi connectivity index (χ4n) is 3.11. The van der Waals surface area contributed by atoms with Crippen LogP contribution in [0.15, 0.2) is 24.4 Å². The molecule has 0 radical (unpaired) electrons. The molecule has 3 heterocycles. The van der Waals surface area contributed by atoms with E-state index in [1.165, 1.54) is 4.90 Å². The molecule has 1 fully saturated rings. The zero-order chi connectivity index (χ0) is 18.9. The number of pyridine rings is 1. The highest BCUT2D eigenvalue weighted by molar-refractivity contribution is 5.86. The van der Waals surface area contributed by atoms with Crippen molar-refractivity contribution < 1.29 is 14.3 Å². The van der Waals surface area contributed by atoms with Crippen molar-refractivity contribution in [3.05, 3.63) is 30.2 Å². The Kier molecular flexibility index (Phi) is 4.84. The van der Waals surface area contributed by atoms with Crippen LogP contribution in [0.25, 0.3) is 5.65 Å². The monoisotopic (exact) mass is 359 g/mol. The van der Waals surface area contributed by atoms with E-state index in [9.17, 15) is 9.59 Å². The van der Waals surface area contributed by atoms with Gasteiger partial charge in [0.2, 0.25) is 5.91 Å². The molecular weight excluding hydrogens is 334 g/mol. The molecule has 2 amide bonds. The summed E-state index contributed by atoms with van der Waals surface area (Å²) in [6.07, 6.45) is 2.81. The van der Waals surface area contributed by atoms with Crippen LogP contribution in [-0.2, 0) is 9.53 Å². The standard InChI is InChI=1S/C18H25N5O3/c1-12(15-21-20-14-9-5-6-10-23(14)15)19-16(24)13-8-7-11-22(13)17(25)26-18(2,3)4/h5-6,9-10,12-13H,7-8,11H2,1-4H3,(H,19,24)/t12?,13-/m0/s1. The van der Waals surface area contributed by atoms with E-state index in [1.807, 2.05) is 56.5 Å². The fraction of sp³-hybridized carbons (Fsp3) is 0.556. The van der Waals surface area contributed by atoms with Crippen LogP contribution in [0.1, 0.15) is 52.4 Å². The van der Waals surface area contributed by atoms with Crippen molar-refractivity contribution in [2.75, 3.05) is 6.54 Å². The van der Waals surface area contributed by atoms with Gasteiger partial charge in [0, 0.05) is 12.7 Å². The summed E-state index contributed by atoms with van der Waals surface area (Å²) in [6, 6.07) is 4.77. The van der Waals surface area contributed by atoms with Crippen LogP contribution >= 0.6 is 0 Å². The van der Waals surface area contributed by atoms with Crippen molar-refractivity contribution in [1.82, 2.24) is 24.8 Å². The minimum Gasteiger partial charge on any atom is -0.444 e. The van der Waals surface area contributed by atoms with Gasteiger partial charge >= 0.3 is 6.09 Å². The predicted molar refractivity (Wildman–Crippen MR) is 95.5 cm³/mol. The first-order chi connectivity index (χ1) is 12.3. The van der Waals surface area contributed by atoms with Crippen molar-refractivity contribution in [2.45, 2.75) is 58.2 Å². The number of hydrogen-bond donors (Lipinski definition) is 1. The summed E-state index contributed by atoms with van der Waals surface area (Å²) < 4.78 is 7.26. The van der Waals surface area contributed by atoms with Gasteiger partial charge in [0.25, 0.3) is 0 Å². The summed E-state index contributed by atoms with van der Waals surface area (Å²) in [5.41, 5.74) is 0.133. The van der Waals surface area contributed by atoms with Gasteiger partial charge in [-0.15, -0.1) is 10.2 Å². The fourth-order valence-corrected chi connectivity index (χ4v) is 3.11. The third-order valence-electron chi connectivity index (χ3n) is 4.27. The topological polar surface area (TPSA) is 88.8 Å². The van der Waals surface area contributed by atoms with Crippen molar-refractivity contribution in [1.29, 1.82) is 0 Å². The van der Waals surface area contributed by atoms with E-state index >= 15 is 0 Å². The molecule has 0 aromatic carbocycles. The number of carbonyl (C=O) groups excluding carboxylic acids is 2. The van der Waals surface area contributed by atoms with Crippen LogP contribution in [0.2, 0.25) is 0 Å². The molecule has 2 aromatic rings. The highest BCUT2D eigenvalue weighted by atomic mass is 16.6. The van der Waals surface area contributed by atoms with Crippen LogP contribution in [0.3, 0.4) is 0 Å². The van der Waals surface area contributed by atoms with Crippen molar-refractivity contribution in [2.24, 2.45) is 0 Å². The molecule has 26 heavy (non-hydrogen) atoms. The Labute approximate surface area is 152 Å². The number of ether oxygens (including phenoxy) is 1. The highest BCUT2D eigenvalue weighted by Gasteiger charge is 2.37. The van der Waals surface area contributed by atoms with Crippen LogP contribution in [0, 0.1) is 0 Å². The van der Waals surface area contributed by atoms with Gasteiger partial charge in [0.05, 0.1) is 6.04 Å². The average Bonchev–Trinajstić information content (AvgIpc) is 3.20. The Morgan fingerprint density at radius 1 is 1.31 bits per heavy atom. The Balaban J connectivity index is 1.69. The summed E-state index contributed by atoms with van der Waals surface area (Å²) in [6.45, 7) is 7.82. The number of likely N-dealkylation sites (tertiary alicyclic amines) is 1. The first-order valence-electron chi connectivity index (χ1n) is 8.86. The maximum absolute atomic E-state index is 12.7. The predicted octanol–water partition coefficient (Wildman–Crippen LogP) is 2.31. The number of hydrogen-bond acceptors (Lipinski definition) is 5. The molecule has 0 saturated carbocycles.